The predicted molar refractivity (Wildman–Crippen MR) is 83.6 cm³/mol. The van der Waals surface area contributed by atoms with Crippen molar-refractivity contribution in [3.8, 4) is 0 Å². The van der Waals surface area contributed by atoms with E-state index in [1.54, 1.807) is 13.8 Å². The molecule has 0 aliphatic rings. The molecular formula is C16H24N2O3. The smallest absolute Gasteiger partial charge is 0.319 e. The Kier molecular flexibility index (Phi) is 5.76. The molecule has 0 heterocycles. The molecule has 5 heteroatoms. The van der Waals surface area contributed by atoms with E-state index in [2.05, 4.69) is 24.5 Å². The number of carbonyl (C=O) groups excluding carboxylic acids is 1. The van der Waals surface area contributed by atoms with Gasteiger partial charge >= 0.3 is 12.0 Å². The number of hydrogen-bond donors (Lipinski definition) is 3. The second-order valence-electron chi connectivity index (χ2n) is 5.81. The van der Waals surface area contributed by atoms with Crippen LogP contribution in [-0.4, -0.2) is 23.7 Å². The lowest BCUT2D eigenvalue weighted by Crippen LogP contribution is -2.42. The molecular weight excluding hydrogens is 268 g/mol. The fourth-order valence-corrected chi connectivity index (χ4v) is 1.78. The molecule has 1 rings (SSSR count). The van der Waals surface area contributed by atoms with Crippen LogP contribution in [0.5, 0.6) is 0 Å². The average Bonchev–Trinajstić information content (AvgIpc) is 2.44. The first-order chi connectivity index (χ1) is 9.78. The van der Waals surface area contributed by atoms with Gasteiger partial charge in [-0.2, -0.15) is 0 Å². The molecule has 0 aliphatic carbocycles. The van der Waals surface area contributed by atoms with E-state index in [0.29, 0.717) is 18.0 Å². The SMILES string of the molecule is CCC(C)(CNC(=O)Nc1cccc(C(C)C)c1)C(=O)O. The molecule has 2 amide bonds. The highest BCUT2D eigenvalue weighted by molar-refractivity contribution is 5.89. The Bertz CT molecular complexity index is 514. The first kappa shape index (κ1) is 17.0. The lowest BCUT2D eigenvalue weighted by atomic mass is 9.88. The summed E-state index contributed by atoms with van der Waals surface area (Å²) in [6.45, 7) is 7.67. The van der Waals surface area contributed by atoms with Crippen molar-refractivity contribution in [1.82, 2.24) is 5.32 Å². The Morgan fingerprint density at radius 3 is 2.52 bits per heavy atom. The van der Waals surface area contributed by atoms with Crippen molar-refractivity contribution in [2.75, 3.05) is 11.9 Å². The Balaban J connectivity index is 2.62. The normalized spacial score (nSPS) is 13.6. The maximum Gasteiger partial charge on any atom is 0.319 e. The van der Waals surface area contributed by atoms with Crippen molar-refractivity contribution in [2.45, 2.75) is 40.0 Å². The molecule has 21 heavy (non-hydrogen) atoms. The van der Waals surface area contributed by atoms with Gasteiger partial charge in [-0.3, -0.25) is 4.79 Å². The van der Waals surface area contributed by atoms with Crippen LogP contribution in [-0.2, 0) is 4.79 Å². The number of anilines is 1. The van der Waals surface area contributed by atoms with Crippen LogP contribution >= 0.6 is 0 Å². The van der Waals surface area contributed by atoms with Gasteiger partial charge in [-0.15, -0.1) is 0 Å². The van der Waals surface area contributed by atoms with Crippen LogP contribution in [0.25, 0.3) is 0 Å². The number of urea groups is 1. The van der Waals surface area contributed by atoms with Gasteiger partial charge in [-0.1, -0.05) is 32.9 Å². The highest BCUT2D eigenvalue weighted by Crippen LogP contribution is 2.20. The summed E-state index contributed by atoms with van der Waals surface area (Å²) in [7, 11) is 0. The quantitative estimate of drug-likeness (QED) is 0.751. The molecule has 1 aromatic rings. The van der Waals surface area contributed by atoms with Gasteiger partial charge in [-0.05, 0) is 37.0 Å². The summed E-state index contributed by atoms with van der Waals surface area (Å²) in [5, 5.41) is 14.5. The van der Waals surface area contributed by atoms with Crippen LogP contribution in [0.4, 0.5) is 10.5 Å². The highest BCUT2D eigenvalue weighted by atomic mass is 16.4. The van der Waals surface area contributed by atoms with Crippen molar-refractivity contribution >= 4 is 17.7 Å². The zero-order chi connectivity index (χ0) is 16.0. The van der Waals surface area contributed by atoms with Gasteiger partial charge < -0.3 is 15.7 Å². The summed E-state index contributed by atoms with van der Waals surface area (Å²) in [5.41, 5.74) is 0.890. The van der Waals surface area contributed by atoms with Gasteiger partial charge in [0, 0.05) is 12.2 Å². The van der Waals surface area contributed by atoms with Gasteiger partial charge in [0.05, 0.1) is 5.41 Å². The summed E-state index contributed by atoms with van der Waals surface area (Å²) in [5.74, 6) is -0.530. The largest absolute Gasteiger partial charge is 0.481 e. The fourth-order valence-electron chi connectivity index (χ4n) is 1.78. The molecule has 0 bridgehead atoms. The summed E-state index contributed by atoms with van der Waals surface area (Å²) in [4.78, 5) is 23.0. The van der Waals surface area contributed by atoms with Crippen LogP contribution in [0.2, 0.25) is 0 Å². The molecule has 5 nitrogen and oxygen atoms in total. The van der Waals surface area contributed by atoms with Crippen LogP contribution in [0.1, 0.15) is 45.6 Å². The molecule has 116 valence electrons. The highest BCUT2D eigenvalue weighted by Gasteiger charge is 2.31. The maximum absolute atomic E-state index is 11.9. The standard InChI is InChI=1S/C16H24N2O3/c1-5-16(4,14(19)20)10-17-15(21)18-13-8-6-7-12(9-13)11(2)3/h6-9,11H,5,10H2,1-4H3,(H,19,20)(H2,17,18,21). The monoisotopic (exact) mass is 292 g/mol. The maximum atomic E-state index is 11.9. The molecule has 1 unspecified atom stereocenters. The first-order valence-electron chi connectivity index (χ1n) is 7.16. The van der Waals surface area contributed by atoms with Crippen molar-refractivity contribution in [1.29, 1.82) is 0 Å². The Morgan fingerprint density at radius 2 is 2.00 bits per heavy atom. The molecule has 0 radical (unpaired) electrons. The summed E-state index contributed by atoms with van der Waals surface area (Å²) in [6, 6.07) is 7.23. The zero-order valence-corrected chi connectivity index (χ0v) is 13.1. The summed E-state index contributed by atoms with van der Waals surface area (Å²) in [6.07, 6.45) is 0.450. The van der Waals surface area contributed by atoms with Crippen molar-refractivity contribution < 1.29 is 14.7 Å². The van der Waals surface area contributed by atoms with E-state index in [9.17, 15) is 9.59 Å². The van der Waals surface area contributed by atoms with Crippen LogP contribution in [0.3, 0.4) is 0 Å². The molecule has 0 aromatic heterocycles. The minimum atomic E-state index is -0.947. The van der Waals surface area contributed by atoms with Gasteiger partial charge in [-0.25, -0.2) is 4.79 Å². The fraction of sp³-hybridized carbons (Fsp3) is 0.500. The average molecular weight is 292 g/mol. The minimum Gasteiger partial charge on any atom is -0.481 e. The van der Waals surface area contributed by atoms with Crippen LogP contribution in [0.15, 0.2) is 24.3 Å². The van der Waals surface area contributed by atoms with Gasteiger partial charge in [0.15, 0.2) is 0 Å². The third-order valence-electron chi connectivity index (χ3n) is 3.75. The zero-order valence-electron chi connectivity index (χ0n) is 13.1. The third-order valence-corrected chi connectivity index (χ3v) is 3.75. The molecule has 3 N–H and O–H groups in total. The van der Waals surface area contributed by atoms with Crippen molar-refractivity contribution in [3.05, 3.63) is 29.8 Å². The van der Waals surface area contributed by atoms with E-state index >= 15 is 0 Å². The number of carboxylic acid groups (broad SMARTS) is 1. The molecule has 0 spiro atoms. The number of hydrogen-bond acceptors (Lipinski definition) is 2. The molecule has 0 fully saturated rings. The Morgan fingerprint density at radius 1 is 1.33 bits per heavy atom. The lowest BCUT2D eigenvalue weighted by Gasteiger charge is -2.23. The second-order valence-corrected chi connectivity index (χ2v) is 5.81. The molecule has 1 atom stereocenters. The number of carbonyl (C=O) groups is 2. The third kappa shape index (κ3) is 4.77. The number of nitrogens with one attached hydrogen (secondary N) is 2. The summed E-state index contributed by atoms with van der Waals surface area (Å²) < 4.78 is 0. The van der Waals surface area contributed by atoms with Gasteiger partial charge in [0.2, 0.25) is 0 Å². The van der Waals surface area contributed by atoms with Gasteiger partial charge in [0.25, 0.3) is 0 Å². The van der Waals surface area contributed by atoms with Crippen LogP contribution in [0, 0.1) is 5.41 Å². The van der Waals surface area contributed by atoms with Gasteiger partial charge in [0.1, 0.15) is 0 Å². The Hall–Kier alpha value is -2.04. The molecule has 0 aliphatic heterocycles. The topological polar surface area (TPSA) is 78.4 Å². The van der Waals surface area contributed by atoms with Crippen molar-refractivity contribution in [3.63, 3.8) is 0 Å². The molecule has 0 saturated heterocycles. The molecule has 0 saturated carbocycles. The van der Waals surface area contributed by atoms with E-state index in [4.69, 9.17) is 5.11 Å². The van der Waals surface area contributed by atoms with E-state index < -0.39 is 17.4 Å². The minimum absolute atomic E-state index is 0.0918. The number of aliphatic carboxylic acids is 1. The second kappa shape index (κ2) is 7.11. The number of carboxylic acids is 1. The molecule has 1 aromatic carbocycles. The lowest BCUT2D eigenvalue weighted by molar-refractivity contribution is -0.147. The van der Waals surface area contributed by atoms with E-state index in [1.165, 1.54) is 0 Å². The number of benzene rings is 1. The van der Waals surface area contributed by atoms with E-state index in [0.717, 1.165) is 5.56 Å². The number of amides is 2. The summed E-state index contributed by atoms with van der Waals surface area (Å²) >= 11 is 0. The Labute approximate surface area is 125 Å². The van der Waals surface area contributed by atoms with E-state index in [1.807, 2.05) is 24.3 Å². The number of rotatable bonds is 6. The van der Waals surface area contributed by atoms with E-state index in [-0.39, 0.29) is 6.54 Å². The predicted octanol–water partition coefficient (Wildman–Crippen LogP) is 3.43. The first-order valence-corrected chi connectivity index (χ1v) is 7.16. The van der Waals surface area contributed by atoms with Crippen molar-refractivity contribution in [2.24, 2.45) is 5.41 Å². The van der Waals surface area contributed by atoms with Crippen LogP contribution < -0.4 is 10.6 Å².